The molecule has 1 aromatic rings. The number of nitrogens with one attached hydrogen (secondary N) is 1. The third kappa shape index (κ3) is 4.73. The highest BCUT2D eigenvalue weighted by molar-refractivity contribution is 6.33. The standard InChI is InChI=1S/C12H14ClNO4/c1-8(12(16)17)18-7-6-11(15)14-10-5-3-2-4-9(10)13/h2-5,8H,6-7H2,1H3,(H,14,15)(H,16,17). The van der Waals surface area contributed by atoms with E-state index in [1.807, 2.05) is 0 Å². The second-order valence-corrected chi connectivity index (χ2v) is 4.04. The quantitative estimate of drug-likeness (QED) is 0.831. The molecule has 0 aliphatic heterocycles. The molecule has 0 bridgehead atoms. The molecule has 6 heteroatoms. The zero-order valence-electron chi connectivity index (χ0n) is 9.85. The molecule has 1 unspecified atom stereocenters. The minimum absolute atomic E-state index is 0.0454. The second-order valence-electron chi connectivity index (χ2n) is 3.63. The topological polar surface area (TPSA) is 75.6 Å². The highest BCUT2D eigenvalue weighted by atomic mass is 35.5. The van der Waals surface area contributed by atoms with Crippen LogP contribution in [0.5, 0.6) is 0 Å². The van der Waals surface area contributed by atoms with Crippen LogP contribution in [0.2, 0.25) is 5.02 Å². The van der Waals surface area contributed by atoms with Gasteiger partial charge >= 0.3 is 5.97 Å². The van der Waals surface area contributed by atoms with Crippen LogP contribution in [0, 0.1) is 0 Å². The summed E-state index contributed by atoms with van der Waals surface area (Å²) in [5, 5.41) is 11.6. The van der Waals surface area contributed by atoms with E-state index in [9.17, 15) is 9.59 Å². The first kappa shape index (κ1) is 14.5. The maximum Gasteiger partial charge on any atom is 0.332 e. The van der Waals surface area contributed by atoms with Crippen molar-refractivity contribution in [3.63, 3.8) is 0 Å². The summed E-state index contributed by atoms with van der Waals surface area (Å²) in [5.74, 6) is -1.33. The number of anilines is 1. The first-order valence-corrected chi connectivity index (χ1v) is 5.77. The molecule has 0 fully saturated rings. The third-order valence-corrected chi connectivity index (χ3v) is 2.52. The van der Waals surface area contributed by atoms with Gasteiger partial charge in [0.2, 0.25) is 5.91 Å². The third-order valence-electron chi connectivity index (χ3n) is 2.19. The molecular weight excluding hydrogens is 258 g/mol. The Labute approximate surface area is 110 Å². The SMILES string of the molecule is CC(OCCC(=O)Nc1ccccc1Cl)C(=O)O. The minimum atomic E-state index is -1.05. The summed E-state index contributed by atoms with van der Waals surface area (Å²) in [4.78, 5) is 22.0. The van der Waals surface area contributed by atoms with E-state index in [1.54, 1.807) is 24.3 Å². The van der Waals surface area contributed by atoms with Gasteiger partial charge < -0.3 is 15.2 Å². The van der Waals surface area contributed by atoms with Crippen molar-refractivity contribution in [2.45, 2.75) is 19.4 Å². The Hall–Kier alpha value is -1.59. The maximum absolute atomic E-state index is 11.5. The predicted molar refractivity (Wildman–Crippen MR) is 67.7 cm³/mol. The zero-order valence-corrected chi connectivity index (χ0v) is 10.6. The van der Waals surface area contributed by atoms with Crippen molar-refractivity contribution in [1.82, 2.24) is 0 Å². The van der Waals surface area contributed by atoms with Gasteiger partial charge in [-0.15, -0.1) is 0 Å². The van der Waals surface area contributed by atoms with Crippen molar-refractivity contribution in [2.75, 3.05) is 11.9 Å². The molecule has 1 aromatic carbocycles. The van der Waals surface area contributed by atoms with E-state index in [0.29, 0.717) is 10.7 Å². The molecule has 1 amide bonds. The highest BCUT2D eigenvalue weighted by Gasteiger charge is 2.12. The first-order chi connectivity index (χ1) is 8.50. The lowest BCUT2D eigenvalue weighted by Gasteiger charge is -2.09. The van der Waals surface area contributed by atoms with Crippen LogP contribution in [0.3, 0.4) is 0 Å². The van der Waals surface area contributed by atoms with Crippen LogP contribution in [0.4, 0.5) is 5.69 Å². The zero-order chi connectivity index (χ0) is 13.5. The molecule has 2 N–H and O–H groups in total. The van der Waals surface area contributed by atoms with Crippen LogP contribution >= 0.6 is 11.6 Å². The molecule has 0 aliphatic carbocycles. The Morgan fingerprint density at radius 2 is 2.11 bits per heavy atom. The van der Waals surface area contributed by atoms with E-state index in [0.717, 1.165) is 0 Å². The number of carbonyl (C=O) groups is 2. The molecule has 0 heterocycles. The summed E-state index contributed by atoms with van der Waals surface area (Å²) in [6.45, 7) is 1.46. The Balaban J connectivity index is 2.35. The molecule has 0 saturated heterocycles. The number of benzene rings is 1. The lowest BCUT2D eigenvalue weighted by Crippen LogP contribution is -2.22. The van der Waals surface area contributed by atoms with Crippen molar-refractivity contribution in [2.24, 2.45) is 0 Å². The number of hydrogen-bond acceptors (Lipinski definition) is 3. The molecule has 0 aliphatic rings. The number of carboxylic acid groups (broad SMARTS) is 1. The molecule has 1 rings (SSSR count). The fourth-order valence-corrected chi connectivity index (χ4v) is 1.36. The lowest BCUT2D eigenvalue weighted by atomic mass is 10.3. The molecule has 0 saturated carbocycles. The largest absolute Gasteiger partial charge is 0.479 e. The molecule has 1 atom stereocenters. The number of carboxylic acids is 1. The molecule has 0 radical (unpaired) electrons. The van der Waals surface area contributed by atoms with Crippen molar-refractivity contribution in [1.29, 1.82) is 0 Å². The molecule has 5 nitrogen and oxygen atoms in total. The number of para-hydroxylation sites is 1. The van der Waals surface area contributed by atoms with Crippen molar-refractivity contribution >= 4 is 29.2 Å². The number of ether oxygens (including phenoxy) is 1. The number of carbonyl (C=O) groups excluding carboxylic acids is 1. The van der Waals surface area contributed by atoms with Crippen molar-refractivity contribution in [3.05, 3.63) is 29.3 Å². The van der Waals surface area contributed by atoms with Crippen LogP contribution in [0.15, 0.2) is 24.3 Å². The number of rotatable bonds is 6. The number of halogens is 1. The predicted octanol–water partition coefficient (Wildman–Crippen LogP) is 2.16. The summed E-state index contributed by atoms with van der Waals surface area (Å²) in [6, 6.07) is 6.86. The average molecular weight is 272 g/mol. The molecular formula is C12H14ClNO4. The van der Waals surface area contributed by atoms with E-state index >= 15 is 0 Å². The van der Waals surface area contributed by atoms with E-state index in [2.05, 4.69) is 5.32 Å². The van der Waals surface area contributed by atoms with Crippen LogP contribution < -0.4 is 5.32 Å². The van der Waals surface area contributed by atoms with Crippen molar-refractivity contribution < 1.29 is 19.4 Å². The summed E-state index contributed by atoms with van der Waals surface area (Å²) in [7, 11) is 0. The van der Waals surface area contributed by atoms with Gasteiger partial charge in [-0.25, -0.2) is 4.79 Å². The Morgan fingerprint density at radius 3 is 2.72 bits per heavy atom. The first-order valence-electron chi connectivity index (χ1n) is 5.39. The number of amides is 1. The van der Waals surface area contributed by atoms with Gasteiger partial charge in [-0.05, 0) is 19.1 Å². The van der Waals surface area contributed by atoms with E-state index < -0.39 is 12.1 Å². The summed E-state index contributed by atoms with van der Waals surface area (Å²) in [5.41, 5.74) is 0.524. The monoisotopic (exact) mass is 271 g/mol. The maximum atomic E-state index is 11.5. The molecule has 98 valence electrons. The highest BCUT2D eigenvalue weighted by Crippen LogP contribution is 2.20. The normalized spacial score (nSPS) is 11.9. The Bertz CT molecular complexity index is 436. The summed E-state index contributed by atoms with van der Waals surface area (Å²) in [6.07, 6.45) is -0.846. The van der Waals surface area contributed by atoms with Crippen LogP contribution in [0.25, 0.3) is 0 Å². The smallest absolute Gasteiger partial charge is 0.332 e. The Kier molecular flexibility index (Phi) is 5.61. The number of hydrogen-bond donors (Lipinski definition) is 2. The van der Waals surface area contributed by atoms with Gasteiger partial charge in [-0.1, -0.05) is 23.7 Å². The summed E-state index contributed by atoms with van der Waals surface area (Å²) < 4.78 is 4.95. The molecule has 18 heavy (non-hydrogen) atoms. The summed E-state index contributed by atoms with van der Waals surface area (Å²) >= 11 is 5.87. The van der Waals surface area contributed by atoms with Gasteiger partial charge in [-0.2, -0.15) is 0 Å². The van der Waals surface area contributed by atoms with E-state index in [4.69, 9.17) is 21.4 Å². The second kappa shape index (κ2) is 6.98. The van der Waals surface area contributed by atoms with Gasteiger partial charge in [0.05, 0.1) is 23.7 Å². The van der Waals surface area contributed by atoms with Gasteiger partial charge in [0.25, 0.3) is 0 Å². The van der Waals surface area contributed by atoms with E-state index in [-0.39, 0.29) is 18.9 Å². The fourth-order valence-electron chi connectivity index (χ4n) is 1.17. The van der Waals surface area contributed by atoms with Gasteiger partial charge in [0.1, 0.15) is 0 Å². The number of aliphatic carboxylic acids is 1. The van der Waals surface area contributed by atoms with Crippen LogP contribution in [-0.4, -0.2) is 29.7 Å². The van der Waals surface area contributed by atoms with Gasteiger partial charge in [0, 0.05) is 0 Å². The fraction of sp³-hybridized carbons (Fsp3) is 0.333. The van der Waals surface area contributed by atoms with E-state index in [1.165, 1.54) is 6.92 Å². The molecule has 0 spiro atoms. The van der Waals surface area contributed by atoms with Crippen molar-refractivity contribution in [3.8, 4) is 0 Å². The minimum Gasteiger partial charge on any atom is -0.479 e. The average Bonchev–Trinajstić information content (AvgIpc) is 2.32. The lowest BCUT2D eigenvalue weighted by molar-refractivity contribution is -0.149. The van der Waals surface area contributed by atoms with Gasteiger partial charge in [-0.3, -0.25) is 4.79 Å². The molecule has 0 aromatic heterocycles. The van der Waals surface area contributed by atoms with Crippen LogP contribution in [0.1, 0.15) is 13.3 Å². The van der Waals surface area contributed by atoms with Gasteiger partial charge in [0.15, 0.2) is 6.10 Å². The van der Waals surface area contributed by atoms with Crippen LogP contribution in [-0.2, 0) is 14.3 Å². The Morgan fingerprint density at radius 1 is 1.44 bits per heavy atom.